The van der Waals surface area contributed by atoms with E-state index in [1.807, 2.05) is 0 Å². The molecule has 0 bridgehead atoms. The second-order valence-electron chi connectivity index (χ2n) is 7.49. The quantitative estimate of drug-likeness (QED) is 0.324. The number of nitrogens with one attached hydrogen (secondary N) is 1. The van der Waals surface area contributed by atoms with Crippen LogP contribution in [0.4, 0.5) is 0 Å². The van der Waals surface area contributed by atoms with Crippen LogP contribution in [0.15, 0.2) is 44.0 Å². The van der Waals surface area contributed by atoms with Gasteiger partial charge in [-0.2, -0.15) is 0 Å². The molecule has 0 saturated heterocycles. The highest BCUT2D eigenvalue weighted by molar-refractivity contribution is 6.05. The third-order valence-corrected chi connectivity index (χ3v) is 5.11. The van der Waals surface area contributed by atoms with E-state index in [9.17, 15) is 14.4 Å². The van der Waals surface area contributed by atoms with E-state index in [1.54, 1.807) is 24.3 Å². The van der Waals surface area contributed by atoms with Gasteiger partial charge in [0, 0.05) is 30.5 Å². The molecular weight excluding hydrogens is 386 g/mol. The highest BCUT2D eigenvalue weighted by Crippen LogP contribution is 2.27. The number of benzene rings is 1. The van der Waals surface area contributed by atoms with Gasteiger partial charge in [-0.15, -0.1) is 0 Å². The third kappa shape index (κ3) is 5.95. The Bertz CT molecular complexity index is 1060. The maximum absolute atomic E-state index is 12.4. The molecule has 3 rings (SSSR count). The number of amides is 1. The van der Waals surface area contributed by atoms with Crippen LogP contribution in [0.2, 0.25) is 0 Å². The third-order valence-electron chi connectivity index (χ3n) is 5.11. The number of carbonyl (C=O) groups excluding carboxylic acids is 1. The molecule has 7 heteroatoms. The summed E-state index contributed by atoms with van der Waals surface area (Å²) in [6.07, 6.45) is 8.33. The number of hydrogen-bond acceptors (Lipinski definition) is 5. The molecule has 0 aliphatic heterocycles. The van der Waals surface area contributed by atoms with Gasteiger partial charge in [0.2, 0.25) is 0 Å². The van der Waals surface area contributed by atoms with E-state index in [4.69, 9.17) is 13.9 Å². The molecule has 0 fully saturated rings. The molecule has 0 aliphatic rings. The van der Waals surface area contributed by atoms with Gasteiger partial charge in [0.15, 0.2) is 5.76 Å². The molecule has 2 heterocycles. The topological polar surface area (TPSA) is 110 Å². The molecular formula is C23H27NO6. The van der Waals surface area contributed by atoms with E-state index in [1.165, 1.54) is 6.07 Å². The second kappa shape index (κ2) is 10.6. The van der Waals surface area contributed by atoms with Crippen LogP contribution < -0.4 is 10.9 Å². The average molecular weight is 413 g/mol. The summed E-state index contributed by atoms with van der Waals surface area (Å²) in [6, 6.07) is 8.21. The fourth-order valence-corrected chi connectivity index (χ4v) is 3.50. The van der Waals surface area contributed by atoms with Crippen molar-refractivity contribution in [3.05, 3.63) is 46.5 Å². The first-order valence-corrected chi connectivity index (χ1v) is 10.5. The lowest BCUT2D eigenvalue weighted by Crippen LogP contribution is -2.23. The maximum atomic E-state index is 12.4. The normalized spacial score (nSPS) is 11.2. The van der Waals surface area contributed by atoms with Crippen molar-refractivity contribution in [2.45, 2.75) is 57.8 Å². The minimum Gasteiger partial charge on any atom is -0.481 e. The molecule has 3 aromatic rings. The maximum Gasteiger partial charge on any atom is 0.336 e. The Morgan fingerprint density at radius 3 is 2.27 bits per heavy atom. The van der Waals surface area contributed by atoms with Crippen molar-refractivity contribution >= 4 is 33.8 Å². The zero-order valence-electron chi connectivity index (χ0n) is 16.9. The monoisotopic (exact) mass is 413 g/mol. The number of fused-ring (bicyclic) bond motifs is 3. The number of carbonyl (C=O) groups is 2. The number of carboxylic acid groups (broad SMARTS) is 1. The van der Waals surface area contributed by atoms with Gasteiger partial charge in [-0.3, -0.25) is 9.59 Å². The second-order valence-corrected chi connectivity index (χ2v) is 7.49. The molecule has 1 amide bonds. The average Bonchev–Trinajstić information content (AvgIpc) is 3.16. The molecule has 7 nitrogen and oxygen atoms in total. The summed E-state index contributed by atoms with van der Waals surface area (Å²) >= 11 is 0. The summed E-state index contributed by atoms with van der Waals surface area (Å²) in [5.74, 6) is -0.805. The van der Waals surface area contributed by atoms with Crippen LogP contribution in [0.5, 0.6) is 0 Å². The Hall–Kier alpha value is -3.09. The lowest BCUT2D eigenvalue weighted by atomic mass is 10.1. The Labute approximate surface area is 174 Å². The lowest BCUT2D eigenvalue weighted by molar-refractivity contribution is -0.137. The zero-order chi connectivity index (χ0) is 21.3. The molecule has 0 unspecified atom stereocenters. The number of carboxylic acids is 1. The van der Waals surface area contributed by atoms with E-state index in [0.717, 1.165) is 56.8 Å². The van der Waals surface area contributed by atoms with E-state index >= 15 is 0 Å². The first-order valence-electron chi connectivity index (χ1n) is 10.5. The summed E-state index contributed by atoms with van der Waals surface area (Å²) in [5.41, 5.74) is 0.485. The highest BCUT2D eigenvalue weighted by atomic mass is 16.4. The number of furan rings is 1. The lowest BCUT2D eigenvalue weighted by Gasteiger charge is -2.04. The Kier molecular flexibility index (Phi) is 7.65. The fourth-order valence-electron chi connectivity index (χ4n) is 3.50. The van der Waals surface area contributed by atoms with Crippen LogP contribution in [0.3, 0.4) is 0 Å². The molecule has 2 N–H and O–H groups in total. The van der Waals surface area contributed by atoms with Gasteiger partial charge in [-0.05, 0) is 31.0 Å². The summed E-state index contributed by atoms with van der Waals surface area (Å²) in [5, 5.41) is 12.8. The fraction of sp³-hybridized carbons (Fsp3) is 0.435. The predicted octanol–water partition coefficient (Wildman–Crippen LogP) is 4.86. The minimum absolute atomic E-state index is 0.199. The van der Waals surface area contributed by atoms with Crippen LogP contribution in [-0.2, 0) is 4.79 Å². The number of aliphatic carboxylic acids is 1. The van der Waals surface area contributed by atoms with Gasteiger partial charge in [-0.1, -0.05) is 38.5 Å². The molecule has 0 atom stereocenters. The molecule has 0 saturated carbocycles. The molecule has 0 spiro atoms. The van der Waals surface area contributed by atoms with Gasteiger partial charge in [0.05, 0.1) is 5.39 Å². The molecule has 160 valence electrons. The van der Waals surface area contributed by atoms with Gasteiger partial charge in [0.25, 0.3) is 5.91 Å². The molecule has 0 radical (unpaired) electrons. The summed E-state index contributed by atoms with van der Waals surface area (Å²) < 4.78 is 10.9. The molecule has 1 aromatic carbocycles. The number of hydrogen-bond donors (Lipinski definition) is 2. The van der Waals surface area contributed by atoms with Gasteiger partial charge in [-0.25, -0.2) is 4.79 Å². The summed E-state index contributed by atoms with van der Waals surface area (Å²) in [4.78, 5) is 34.3. The van der Waals surface area contributed by atoms with Crippen LogP contribution in [0, 0.1) is 0 Å². The van der Waals surface area contributed by atoms with Crippen molar-refractivity contribution in [3.63, 3.8) is 0 Å². The predicted molar refractivity (Wildman–Crippen MR) is 114 cm³/mol. The largest absolute Gasteiger partial charge is 0.481 e. The summed E-state index contributed by atoms with van der Waals surface area (Å²) in [6.45, 7) is 0.574. The van der Waals surface area contributed by atoms with E-state index in [0.29, 0.717) is 23.1 Å². The van der Waals surface area contributed by atoms with Crippen molar-refractivity contribution in [1.82, 2.24) is 5.32 Å². The first-order chi connectivity index (χ1) is 14.5. The van der Waals surface area contributed by atoms with Crippen molar-refractivity contribution in [2.24, 2.45) is 0 Å². The Morgan fingerprint density at radius 2 is 1.53 bits per heavy atom. The van der Waals surface area contributed by atoms with Crippen LogP contribution in [0.1, 0.15) is 68.3 Å². The number of unbranched alkanes of at least 4 members (excludes halogenated alkanes) is 7. The molecule has 2 aromatic heterocycles. The molecule has 30 heavy (non-hydrogen) atoms. The first kappa shape index (κ1) is 21.6. The van der Waals surface area contributed by atoms with Gasteiger partial charge >= 0.3 is 11.6 Å². The van der Waals surface area contributed by atoms with E-state index in [2.05, 4.69) is 5.32 Å². The van der Waals surface area contributed by atoms with Crippen molar-refractivity contribution in [2.75, 3.05) is 6.54 Å². The van der Waals surface area contributed by atoms with Crippen molar-refractivity contribution in [1.29, 1.82) is 0 Å². The number of rotatable bonds is 12. The SMILES string of the molecule is O=C(O)CCCCCCCCCCNC(=O)c1cc2c(ccc3ccc(=O)oc32)o1. The van der Waals surface area contributed by atoms with Crippen molar-refractivity contribution < 1.29 is 23.5 Å². The van der Waals surface area contributed by atoms with Crippen molar-refractivity contribution in [3.8, 4) is 0 Å². The van der Waals surface area contributed by atoms with Gasteiger partial charge in [0.1, 0.15) is 11.2 Å². The minimum atomic E-state index is -0.723. The van der Waals surface area contributed by atoms with Crippen LogP contribution in [-0.4, -0.2) is 23.5 Å². The summed E-state index contributed by atoms with van der Waals surface area (Å²) in [7, 11) is 0. The van der Waals surface area contributed by atoms with Crippen LogP contribution >= 0.6 is 0 Å². The van der Waals surface area contributed by atoms with Crippen LogP contribution in [0.25, 0.3) is 21.9 Å². The van der Waals surface area contributed by atoms with E-state index in [-0.39, 0.29) is 18.1 Å². The zero-order valence-corrected chi connectivity index (χ0v) is 16.9. The smallest absolute Gasteiger partial charge is 0.336 e. The highest BCUT2D eigenvalue weighted by Gasteiger charge is 2.15. The Morgan fingerprint density at radius 1 is 0.867 bits per heavy atom. The standard InChI is InChI=1S/C23H27NO6/c25-20(26)9-7-5-3-1-2-4-6-8-14-24-23(28)19-15-17-18(29-19)12-10-16-11-13-21(27)30-22(16)17/h10-13,15H,1-9,14H2,(H,24,28)(H,25,26). The van der Waals surface area contributed by atoms with Gasteiger partial charge < -0.3 is 19.3 Å². The Balaban J connectivity index is 1.38. The van der Waals surface area contributed by atoms with E-state index < -0.39 is 11.6 Å². The molecule has 0 aliphatic carbocycles.